The topological polar surface area (TPSA) is 104 Å². The van der Waals surface area contributed by atoms with E-state index in [1.54, 1.807) is 0 Å². The Kier molecular flexibility index (Phi) is 2.24. The first-order chi connectivity index (χ1) is 6.54. The fourth-order valence-electron chi connectivity index (χ4n) is 1.89. The van der Waals surface area contributed by atoms with Crippen LogP contribution in [-0.2, 0) is 0 Å². The highest BCUT2D eigenvalue weighted by Crippen LogP contribution is 2.33. The van der Waals surface area contributed by atoms with Gasteiger partial charge in [-0.15, -0.1) is 0 Å². The zero-order chi connectivity index (χ0) is 10.5. The largest absolute Gasteiger partial charge is 0.388 e. The van der Waals surface area contributed by atoms with Gasteiger partial charge in [-0.3, -0.25) is 0 Å². The van der Waals surface area contributed by atoms with Gasteiger partial charge in [0.15, 0.2) is 12.5 Å². The maximum absolute atomic E-state index is 9.51. The summed E-state index contributed by atoms with van der Waals surface area (Å²) in [5, 5.41) is 47.0. The molecule has 0 aromatic heterocycles. The highest BCUT2D eigenvalue weighted by atomic mass is 16.4. The van der Waals surface area contributed by atoms with Crippen LogP contribution in [0.25, 0.3) is 0 Å². The van der Waals surface area contributed by atoms with Crippen molar-refractivity contribution in [3.05, 3.63) is 11.8 Å². The maximum atomic E-state index is 9.51. The van der Waals surface area contributed by atoms with Crippen molar-refractivity contribution in [2.45, 2.75) is 37.2 Å². The minimum Gasteiger partial charge on any atom is -0.388 e. The average molecular weight is 203 g/mol. The second kappa shape index (κ2) is 3.18. The monoisotopic (exact) mass is 203 g/mol. The zero-order valence-corrected chi connectivity index (χ0v) is 7.35. The zero-order valence-electron chi connectivity index (χ0n) is 7.35. The van der Waals surface area contributed by atoms with Crippen LogP contribution in [0, 0.1) is 0 Å². The molecule has 2 heterocycles. The number of hydrogen-bond donors (Lipinski definition) is 5. The molecule has 2 rings (SSSR count). The van der Waals surface area contributed by atoms with Crippen LogP contribution < -0.4 is 0 Å². The van der Waals surface area contributed by atoms with Gasteiger partial charge >= 0.3 is 0 Å². The Balaban J connectivity index is 2.33. The van der Waals surface area contributed by atoms with Gasteiger partial charge in [0.25, 0.3) is 0 Å². The molecular formula is C8H13NO5. The molecule has 5 atom stereocenters. The molecule has 14 heavy (non-hydrogen) atoms. The minimum atomic E-state index is -1.37. The Bertz CT molecular complexity index is 268. The van der Waals surface area contributed by atoms with Crippen LogP contribution in [0.1, 0.15) is 6.42 Å². The molecule has 0 aromatic rings. The lowest BCUT2D eigenvalue weighted by atomic mass is 10.1. The lowest BCUT2D eigenvalue weighted by Crippen LogP contribution is -2.49. The van der Waals surface area contributed by atoms with Crippen LogP contribution >= 0.6 is 0 Å². The molecule has 0 aliphatic carbocycles. The molecule has 6 heteroatoms. The predicted molar refractivity (Wildman–Crippen MR) is 44.6 cm³/mol. The van der Waals surface area contributed by atoms with Crippen molar-refractivity contribution < 1.29 is 25.5 Å². The lowest BCUT2D eigenvalue weighted by molar-refractivity contribution is -0.143. The number of aliphatic hydroxyl groups is 5. The summed E-state index contributed by atoms with van der Waals surface area (Å²) in [6.07, 6.45) is -4.51. The Morgan fingerprint density at radius 3 is 2.36 bits per heavy atom. The summed E-state index contributed by atoms with van der Waals surface area (Å²) < 4.78 is 0. The van der Waals surface area contributed by atoms with Crippen molar-refractivity contribution in [3.8, 4) is 0 Å². The van der Waals surface area contributed by atoms with Crippen LogP contribution in [0.5, 0.6) is 0 Å². The smallest absolute Gasteiger partial charge is 0.158 e. The summed E-state index contributed by atoms with van der Waals surface area (Å²) in [4.78, 5) is 1.03. The minimum absolute atomic E-state index is 0.198. The molecule has 0 spiro atoms. The van der Waals surface area contributed by atoms with Crippen molar-refractivity contribution >= 4 is 0 Å². The first-order valence-electron chi connectivity index (χ1n) is 4.42. The van der Waals surface area contributed by atoms with Crippen LogP contribution in [0.15, 0.2) is 11.8 Å². The van der Waals surface area contributed by atoms with Crippen molar-refractivity contribution in [2.24, 2.45) is 0 Å². The van der Waals surface area contributed by atoms with Gasteiger partial charge in [-0.2, -0.15) is 0 Å². The Labute approximate surface area is 80.3 Å². The molecule has 1 fully saturated rings. The molecule has 0 saturated carbocycles. The third kappa shape index (κ3) is 1.16. The summed E-state index contributed by atoms with van der Waals surface area (Å²) in [6, 6.07) is 0. The van der Waals surface area contributed by atoms with Gasteiger partial charge in [0.05, 0.1) is 0 Å². The summed E-state index contributed by atoms with van der Waals surface area (Å²) in [5.41, 5.74) is 0.266. The summed E-state index contributed by atoms with van der Waals surface area (Å²) in [5.74, 6) is 0. The molecule has 5 N–H and O–H groups in total. The molecule has 80 valence electrons. The van der Waals surface area contributed by atoms with Crippen LogP contribution in [0.4, 0.5) is 0 Å². The van der Waals surface area contributed by atoms with Gasteiger partial charge in [-0.05, 0) is 6.42 Å². The van der Waals surface area contributed by atoms with Crippen molar-refractivity contribution in [1.82, 2.24) is 4.90 Å². The van der Waals surface area contributed by atoms with E-state index in [0.717, 1.165) is 4.90 Å². The third-order valence-corrected chi connectivity index (χ3v) is 2.71. The normalized spacial score (nSPS) is 47.6. The van der Waals surface area contributed by atoms with Gasteiger partial charge in [-0.1, -0.05) is 6.08 Å². The summed E-state index contributed by atoms with van der Waals surface area (Å²) in [7, 11) is 0. The highest BCUT2D eigenvalue weighted by molar-refractivity contribution is 5.21. The first kappa shape index (κ1) is 9.88. The van der Waals surface area contributed by atoms with Crippen LogP contribution in [0.3, 0.4) is 0 Å². The van der Waals surface area contributed by atoms with E-state index in [1.807, 2.05) is 0 Å². The summed E-state index contributed by atoms with van der Waals surface area (Å²) >= 11 is 0. The fraction of sp³-hybridized carbons (Fsp3) is 0.750. The number of hydrogen-bond acceptors (Lipinski definition) is 6. The SMILES string of the molecule is OC1CC=C2C(O)C(O)C(O)N2C1O. The first-order valence-corrected chi connectivity index (χ1v) is 4.42. The quantitative estimate of drug-likeness (QED) is 0.294. The molecule has 2 aliphatic rings. The molecule has 1 saturated heterocycles. The van der Waals surface area contributed by atoms with Gasteiger partial charge in [-0.25, -0.2) is 0 Å². The van der Waals surface area contributed by atoms with E-state index < -0.39 is 30.8 Å². The molecule has 2 aliphatic heterocycles. The van der Waals surface area contributed by atoms with E-state index in [4.69, 9.17) is 0 Å². The number of nitrogens with zero attached hydrogens (tertiary/aromatic N) is 1. The van der Waals surface area contributed by atoms with Crippen LogP contribution in [-0.4, -0.2) is 61.2 Å². The molecule has 0 bridgehead atoms. The van der Waals surface area contributed by atoms with Gasteiger partial charge in [0.1, 0.15) is 18.3 Å². The molecule has 6 nitrogen and oxygen atoms in total. The fourth-order valence-corrected chi connectivity index (χ4v) is 1.89. The van der Waals surface area contributed by atoms with E-state index in [2.05, 4.69) is 0 Å². The molecular weight excluding hydrogens is 190 g/mol. The number of aliphatic hydroxyl groups excluding tert-OH is 5. The Morgan fingerprint density at radius 1 is 1.07 bits per heavy atom. The molecule has 0 radical (unpaired) electrons. The number of rotatable bonds is 0. The van der Waals surface area contributed by atoms with E-state index in [0.29, 0.717) is 0 Å². The van der Waals surface area contributed by atoms with Crippen molar-refractivity contribution in [1.29, 1.82) is 0 Å². The van der Waals surface area contributed by atoms with Gasteiger partial charge < -0.3 is 30.4 Å². The molecule has 5 unspecified atom stereocenters. The third-order valence-electron chi connectivity index (χ3n) is 2.71. The lowest BCUT2D eigenvalue weighted by Gasteiger charge is -2.35. The van der Waals surface area contributed by atoms with Crippen LogP contribution in [0.2, 0.25) is 0 Å². The summed E-state index contributed by atoms with van der Waals surface area (Å²) in [6.45, 7) is 0. The highest BCUT2D eigenvalue weighted by Gasteiger charge is 2.48. The molecule has 0 amide bonds. The Morgan fingerprint density at radius 2 is 1.71 bits per heavy atom. The number of fused-ring (bicyclic) bond motifs is 1. The van der Waals surface area contributed by atoms with E-state index in [9.17, 15) is 25.5 Å². The Hall–Kier alpha value is -0.660. The standard InChI is InChI=1S/C8H13NO5/c10-4-2-1-3-5(11)6(12)8(14)9(3)7(4)13/h1,4-8,10-14H,2H2. The van der Waals surface area contributed by atoms with Crippen molar-refractivity contribution in [2.75, 3.05) is 0 Å². The van der Waals surface area contributed by atoms with E-state index >= 15 is 0 Å². The maximum Gasteiger partial charge on any atom is 0.158 e. The van der Waals surface area contributed by atoms with Crippen molar-refractivity contribution in [3.63, 3.8) is 0 Å². The molecule has 0 aromatic carbocycles. The van der Waals surface area contributed by atoms with Gasteiger partial charge in [0, 0.05) is 5.70 Å². The average Bonchev–Trinajstić information content (AvgIpc) is 2.38. The van der Waals surface area contributed by atoms with Gasteiger partial charge in [0.2, 0.25) is 0 Å². The predicted octanol–water partition coefficient (Wildman–Crippen LogP) is -2.69. The second-order valence-corrected chi connectivity index (χ2v) is 3.60. The second-order valence-electron chi connectivity index (χ2n) is 3.60. The van der Waals surface area contributed by atoms with E-state index in [1.165, 1.54) is 6.08 Å². The van der Waals surface area contributed by atoms with E-state index in [-0.39, 0.29) is 12.1 Å².